The molecular formula is C22H21BrClN3OS2. The van der Waals surface area contributed by atoms with Crippen LogP contribution in [0.3, 0.4) is 0 Å². The van der Waals surface area contributed by atoms with E-state index in [1.54, 1.807) is 11.3 Å². The lowest BCUT2D eigenvalue weighted by molar-refractivity contribution is -0.113. The number of piperidine rings is 1. The third kappa shape index (κ3) is 5.38. The second-order valence-corrected chi connectivity index (χ2v) is 10.4. The molecule has 1 fully saturated rings. The van der Waals surface area contributed by atoms with Crippen LogP contribution in [0.5, 0.6) is 0 Å². The van der Waals surface area contributed by atoms with E-state index in [2.05, 4.69) is 31.1 Å². The van der Waals surface area contributed by atoms with Crippen LogP contribution in [0.4, 0.5) is 11.4 Å². The molecule has 2 aromatic carbocycles. The maximum absolute atomic E-state index is 12.6. The van der Waals surface area contributed by atoms with E-state index >= 15 is 0 Å². The molecule has 4 nitrogen and oxygen atoms in total. The van der Waals surface area contributed by atoms with Crippen molar-refractivity contribution in [3.63, 3.8) is 0 Å². The van der Waals surface area contributed by atoms with Gasteiger partial charge in [0.2, 0.25) is 5.91 Å². The average molecular weight is 523 g/mol. The Morgan fingerprint density at radius 2 is 1.93 bits per heavy atom. The summed E-state index contributed by atoms with van der Waals surface area (Å²) in [4.78, 5) is 19.6. The number of amides is 1. The van der Waals surface area contributed by atoms with Crippen molar-refractivity contribution in [2.75, 3.05) is 29.1 Å². The standard InChI is InChI=1S/C22H21BrClN3OS2/c23-16-9-7-15(8-10-16)19-13-29-22(26-19)30-14-20(28)25-18-6-4-5-17(24)21(18)27-11-2-1-3-12-27/h4-10,13H,1-3,11-12,14H2,(H,25,28). The zero-order valence-electron chi connectivity index (χ0n) is 16.2. The van der Waals surface area contributed by atoms with Crippen LogP contribution in [0.2, 0.25) is 5.02 Å². The number of anilines is 2. The number of hydrogen-bond donors (Lipinski definition) is 1. The number of carbonyl (C=O) groups is 1. The maximum atomic E-state index is 12.6. The van der Waals surface area contributed by atoms with Gasteiger partial charge in [0, 0.05) is 28.5 Å². The lowest BCUT2D eigenvalue weighted by atomic mass is 10.1. The molecule has 0 bridgehead atoms. The molecule has 1 N–H and O–H groups in total. The lowest BCUT2D eigenvalue weighted by Crippen LogP contribution is -2.30. The molecule has 4 rings (SSSR count). The van der Waals surface area contributed by atoms with Gasteiger partial charge in [0.15, 0.2) is 4.34 Å². The van der Waals surface area contributed by atoms with Gasteiger partial charge in [-0.25, -0.2) is 4.98 Å². The van der Waals surface area contributed by atoms with Crippen molar-refractivity contribution >= 4 is 67.9 Å². The van der Waals surface area contributed by atoms with E-state index in [0.29, 0.717) is 10.8 Å². The Morgan fingerprint density at radius 3 is 2.70 bits per heavy atom. The summed E-state index contributed by atoms with van der Waals surface area (Å²) in [6, 6.07) is 13.7. The van der Waals surface area contributed by atoms with E-state index in [1.807, 2.05) is 47.8 Å². The maximum Gasteiger partial charge on any atom is 0.234 e. The summed E-state index contributed by atoms with van der Waals surface area (Å²) in [6.45, 7) is 1.94. The van der Waals surface area contributed by atoms with E-state index < -0.39 is 0 Å². The summed E-state index contributed by atoms with van der Waals surface area (Å²) in [7, 11) is 0. The monoisotopic (exact) mass is 521 g/mol. The van der Waals surface area contributed by atoms with E-state index in [1.165, 1.54) is 18.2 Å². The molecule has 0 aliphatic carbocycles. The van der Waals surface area contributed by atoms with Crippen LogP contribution in [-0.2, 0) is 4.79 Å². The van der Waals surface area contributed by atoms with Gasteiger partial charge in [0.05, 0.1) is 27.8 Å². The number of thioether (sulfide) groups is 1. The van der Waals surface area contributed by atoms with Crippen molar-refractivity contribution < 1.29 is 4.79 Å². The second kappa shape index (κ2) is 10.2. The fraction of sp³-hybridized carbons (Fsp3) is 0.273. The molecule has 156 valence electrons. The molecule has 1 aromatic heterocycles. The highest BCUT2D eigenvalue weighted by molar-refractivity contribution is 9.10. The van der Waals surface area contributed by atoms with E-state index in [9.17, 15) is 4.79 Å². The largest absolute Gasteiger partial charge is 0.369 e. The van der Waals surface area contributed by atoms with Crippen LogP contribution in [0.25, 0.3) is 11.3 Å². The first-order valence-corrected chi connectivity index (χ1v) is 12.8. The zero-order chi connectivity index (χ0) is 20.9. The number of rotatable bonds is 6. The lowest BCUT2D eigenvalue weighted by Gasteiger charge is -2.31. The van der Waals surface area contributed by atoms with Crippen LogP contribution in [0.15, 0.2) is 56.7 Å². The Labute approximate surface area is 198 Å². The Hall–Kier alpha value is -1.54. The van der Waals surface area contributed by atoms with Gasteiger partial charge in [-0.3, -0.25) is 4.79 Å². The summed E-state index contributed by atoms with van der Waals surface area (Å²) in [6.07, 6.45) is 3.55. The number of aromatic nitrogens is 1. The molecule has 0 unspecified atom stereocenters. The Balaban J connectivity index is 1.39. The normalized spacial score (nSPS) is 14.0. The summed E-state index contributed by atoms with van der Waals surface area (Å²) in [5.74, 6) is 0.250. The Kier molecular flexibility index (Phi) is 7.36. The number of benzene rings is 2. The quantitative estimate of drug-likeness (QED) is 0.356. The van der Waals surface area contributed by atoms with Crippen LogP contribution in [-0.4, -0.2) is 29.7 Å². The molecule has 1 aliphatic heterocycles. The molecular weight excluding hydrogens is 502 g/mol. The summed E-state index contributed by atoms with van der Waals surface area (Å²) < 4.78 is 1.92. The number of hydrogen-bond acceptors (Lipinski definition) is 5. The minimum absolute atomic E-state index is 0.0547. The summed E-state index contributed by atoms with van der Waals surface area (Å²) >= 11 is 12.9. The predicted octanol–water partition coefficient (Wildman–Crippen LogP) is 6.95. The van der Waals surface area contributed by atoms with Gasteiger partial charge in [0.1, 0.15) is 0 Å². The van der Waals surface area contributed by atoms with Gasteiger partial charge in [-0.05, 0) is 43.5 Å². The first kappa shape index (κ1) is 21.7. The number of nitrogens with zero attached hydrogens (tertiary/aromatic N) is 2. The van der Waals surface area contributed by atoms with Gasteiger partial charge < -0.3 is 10.2 Å². The molecule has 1 aliphatic rings. The highest BCUT2D eigenvalue weighted by Gasteiger charge is 2.19. The van der Waals surface area contributed by atoms with Gasteiger partial charge >= 0.3 is 0 Å². The van der Waals surface area contributed by atoms with Gasteiger partial charge in [0.25, 0.3) is 0 Å². The highest BCUT2D eigenvalue weighted by Crippen LogP contribution is 2.36. The molecule has 0 saturated carbocycles. The van der Waals surface area contributed by atoms with Gasteiger partial charge in [-0.1, -0.05) is 57.5 Å². The fourth-order valence-electron chi connectivity index (χ4n) is 3.45. The summed E-state index contributed by atoms with van der Waals surface area (Å²) in [5.41, 5.74) is 3.71. The minimum Gasteiger partial charge on any atom is -0.369 e. The third-order valence-electron chi connectivity index (χ3n) is 4.88. The van der Waals surface area contributed by atoms with Crippen molar-refractivity contribution in [3.8, 4) is 11.3 Å². The smallest absolute Gasteiger partial charge is 0.234 e. The third-order valence-corrected chi connectivity index (χ3v) is 7.74. The molecule has 30 heavy (non-hydrogen) atoms. The minimum atomic E-state index is -0.0547. The molecule has 8 heteroatoms. The van der Waals surface area contributed by atoms with Crippen molar-refractivity contribution in [2.24, 2.45) is 0 Å². The summed E-state index contributed by atoms with van der Waals surface area (Å²) in [5, 5.41) is 5.75. The predicted molar refractivity (Wildman–Crippen MR) is 132 cm³/mol. The topological polar surface area (TPSA) is 45.2 Å². The molecule has 0 spiro atoms. The zero-order valence-corrected chi connectivity index (χ0v) is 20.2. The first-order valence-electron chi connectivity index (χ1n) is 9.78. The molecule has 0 radical (unpaired) electrons. The number of para-hydroxylation sites is 1. The van der Waals surface area contributed by atoms with Crippen molar-refractivity contribution in [2.45, 2.75) is 23.6 Å². The number of halogens is 2. The van der Waals surface area contributed by atoms with E-state index in [-0.39, 0.29) is 5.91 Å². The Morgan fingerprint density at radius 1 is 1.17 bits per heavy atom. The average Bonchev–Trinajstić information content (AvgIpc) is 3.23. The molecule has 0 atom stereocenters. The van der Waals surface area contributed by atoms with E-state index in [0.717, 1.165) is 57.4 Å². The van der Waals surface area contributed by atoms with Crippen LogP contribution in [0, 0.1) is 0 Å². The van der Waals surface area contributed by atoms with Gasteiger partial charge in [-0.2, -0.15) is 0 Å². The number of carbonyl (C=O) groups excluding carboxylic acids is 1. The van der Waals surface area contributed by atoms with Crippen LogP contribution >= 0.6 is 50.6 Å². The van der Waals surface area contributed by atoms with Crippen molar-refractivity contribution in [1.82, 2.24) is 4.98 Å². The van der Waals surface area contributed by atoms with Crippen LogP contribution < -0.4 is 10.2 Å². The molecule has 2 heterocycles. The number of thiazole rings is 1. The number of nitrogens with one attached hydrogen (secondary N) is 1. The molecule has 1 amide bonds. The molecule has 1 saturated heterocycles. The van der Waals surface area contributed by atoms with Crippen molar-refractivity contribution in [3.05, 3.63) is 57.3 Å². The second-order valence-electron chi connectivity index (χ2n) is 7.03. The highest BCUT2D eigenvalue weighted by atomic mass is 79.9. The first-order chi connectivity index (χ1) is 14.6. The van der Waals surface area contributed by atoms with E-state index in [4.69, 9.17) is 11.6 Å². The fourth-order valence-corrected chi connectivity index (χ4v) is 5.64. The van der Waals surface area contributed by atoms with Crippen LogP contribution in [0.1, 0.15) is 19.3 Å². The Bertz CT molecular complexity index is 1020. The molecule has 3 aromatic rings. The van der Waals surface area contributed by atoms with Gasteiger partial charge in [-0.15, -0.1) is 11.3 Å². The van der Waals surface area contributed by atoms with Crippen molar-refractivity contribution in [1.29, 1.82) is 0 Å². The SMILES string of the molecule is O=C(CSc1nc(-c2ccc(Br)cc2)cs1)Nc1cccc(Cl)c1N1CCCCC1.